The van der Waals surface area contributed by atoms with Gasteiger partial charge in [0.15, 0.2) is 0 Å². The van der Waals surface area contributed by atoms with Crippen LogP contribution in [0.4, 0.5) is 0 Å². The van der Waals surface area contributed by atoms with Crippen molar-refractivity contribution in [1.29, 1.82) is 0 Å². The van der Waals surface area contributed by atoms with E-state index in [2.05, 4.69) is 111 Å². The summed E-state index contributed by atoms with van der Waals surface area (Å²) in [5.41, 5.74) is 0. The predicted molar refractivity (Wildman–Crippen MR) is 101 cm³/mol. The van der Waals surface area contributed by atoms with Crippen LogP contribution >= 0.6 is 39.8 Å². The SMILES string of the molecule is Brc1cccc(P(c2ccccc2)c2ccccc2Br)c1. The fourth-order valence-corrected chi connectivity index (χ4v) is 6.00. The minimum absolute atomic E-state index is 0.560. The fourth-order valence-electron chi connectivity index (χ4n) is 2.25. The molecule has 3 rings (SSSR count). The summed E-state index contributed by atoms with van der Waals surface area (Å²) in [5.74, 6) is 0. The molecule has 3 aromatic rings. The Balaban J connectivity index is 2.19. The van der Waals surface area contributed by atoms with E-state index in [-0.39, 0.29) is 0 Å². The average Bonchev–Trinajstić information content (AvgIpc) is 2.51. The molecule has 3 aromatic carbocycles. The van der Waals surface area contributed by atoms with Crippen LogP contribution in [0.3, 0.4) is 0 Å². The number of benzene rings is 3. The molecule has 0 aliphatic heterocycles. The number of hydrogen-bond donors (Lipinski definition) is 0. The first-order chi connectivity index (χ1) is 10.3. The van der Waals surface area contributed by atoms with Crippen molar-refractivity contribution in [1.82, 2.24) is 0 Å². The van der Waals surface area contributed by atoms with Gasteiger partial charge in [-0.15, -0.1) is 0 Å². The second kappa shape index (κ2) is 6.87. The van der Waals surface area contributed by atoms with Crippen molar-refractivity contribution >= 4 is 55.7 Å². The Morgan fingerprint density at radius 1 is 0.619 bits per heavy atom. The third-order valence-corrected chi connectivity index (χ3v) is 7.15. The van der Waals surface area contributed by atoms with E-state index in [1.807, 2.05) is 0 Å². The lowest BCUT2D eigenvalue weighted by atomic mass is 10.4. The molecule has 0 radical (unpaired) electrons. The van der Waals surface area contributed by atoms with Gasteiger partial charge in [-0.1, -0.05) is 92.5 Å². The number of hydrogen-bond acceptors (Lipinski definition) is 0. The molecular weight excluding hydrogens is 407 g/mol. The first-order valence-corrected chi connectivity index (χ1v) is 9.54. The van der Waals surface area contributed by atoms with Crippen LogP contribution in [0.15, 0.2) is 87.8 Å². The van der Waals surface area contributed by atoms with Gasteiger partial charge in [0.25, 0.3) is 0 Å². The lowest BCUT2D eigenvalue weighted by molar-refractivity contribution is 1.68. The van der Waals surface area contributed by atoms with Gasteiger partial charge in [0.05, 0.1) is 0 Å². The summed E-state index contributed by atoms with van der Waals surface area (Å²) < 4.78 is 2.29. The molecule has 0 N–H and O–H groups in total. The van der Waals surface area contributed by atoms with Crippen molar-refractivity contribution in [2.24, 2.45) is 0 Å². The third-order valence-electron chi connectivity index (χ3n) is 3.17. The van der Waals surface area contributed by atoms with Crippen molar-refractivity contribution in [2.75, 3.05) is 0 Å². The highest BCUT2D eigenvalue weighted by molar-refractivity contribution is 9.11. The van der Waals surface area contributed by atoms with E-state index in [1.165, 1.54) is 20.4 Å². The Bertz CT molecular complexity index is 741. The molecule has 0 aliphatic rings. The van der Waals surface area contributed by atoms with Gasteiger partial charge in [-0.3, -0.25) is 0 Å². The molecule has 3 heteroatoms. The molecule has 0 heterocycles. The average molecular weight is 420 g/mol. The Labute approximate surface area is 143 Å². The Kier molecular flexibility index (Phi) is 4.90. The highest BCUT2D eigenvalue weighted by atomic mass is 79.9. The van der Waals surface area contributed by atoms with E-state index >= 15 is 0 Å². The van der Waals surface area contributed by atoms with E-state index in [1.54, 1.807) is 0 Å². The molecule has 0 fully saturated rings. The maximum Gasteiger partial charge on any atom is 0.0258 e. The van der Waals surface area contributed by atoms with Gasteiger partial charge in [0.1, 0.15) is 0 Å². The van der Waals surface area contributed by atoms with Gasteiger partial charge in [-0.2, -0.15) is 0 Å². The van der Waals surface area contributed by atoms with Crippen LogP contribution in [0, 0.1) is 0 Å². The summed E-state index contributed by atoms with van der Waals surface area (Å²) in [6, 6.07) is 27.8. The number of halogens is 2. The molecule has 0 amide bonds. The molecule has 1 unspecified atom stereocenters. The van der Waals surface area contributed by atoms with Gasteiger partial charge in [0, 0.05) is 8.95 Å². The summed E-state index contributed by atoms with van der Waals surface area (Å²) in [6.07, 6.45) is 0. The van der Waals surface area contributed by atoms with Crippen LogP contribution in [0.25, 0.3) is 0 Å². The van der Waals surface area contributed by atoms with E-state index in [9.17, 15) is 0 Å². The highest BCUT2D eigenvalue weighted by Crippen LogP contribution is 2.36. The maximum absolute atomic E-state index is 3.71. The first kappa shape index (κ1) is 15.0. The fraction of sp³-hybridized carbons (Fsp3) is 0. The van der Waals surface area contributed by atoms with Crippen LogP contribution < -0.4 is 15.9 Å². The van der Waals surface area contributed by atoms with Crippen molar-refractivity contribution in [3.63, 3.8) is 0 Å². The molecule has 1 atom stereocenters. The predicted octanol–water partition coefficient (Wildman–Crippen LogP) is 4.97. The van der Waals surface area contributed by atoms with Crippen molar-refractivity contribution in [2.45, 2.75) is 0 Å². The van der Waals surface area contributed by atoms with Crippen LogP contribution in [0.5, 0.6) is 0 Å². The van der Waals surface area contributed by atoms with Gasteiger partial charge < -0.3 is 0 Å². The molecule has 104 valence electrons. The third kappa shape index (κ3) is 3.45. The normalized spacial score (nSPS) is 12.1. The van der Waals surface area contributed by atoms with Crippen molar-refractivity contribution in [3.05, 3.63) is 87.8 Å². The van der Waals surface area contributed by atoms with E-state index < -0.39 is 7.92 Å². The van der Waals surface area contributed by atoms with Gasteiger partial charge in [0.2, 0.25) is 0 Å². The minimum Gasteiger partial charge on any atom is -0.0622 e. The summed E-state index contributed by atoms with van der Waals surface area (Å²) in [4.78, 5) is 0. The smallest absolute Gasteiger partial charge is 0.0258 e. The minimum atomic E-state index is -0.560. The van der Waals surface area contributed by atoms with Crippen LogP contribution in [-0.4, -0.2) is 0 Å². The Morgan fingerprint density at radius 2 is 1.29 bits per heavy atom. The quantitative estimate of drug-likeness (QED) is 0.526. The van der Waals surface area contributed by atoms with Crippen LogP contribution in [-0.2, 0) is 0 Å². The second-order valence-corrected chi connectivity index (χ2v) is 8.56. The van der Waals surface area contributed by atoms with Crippen LogP contribution in [0.1, 0.15) is 0 Å². The standard InChI is InChI=1S/C18H13Br2P/c19-14-7-6-10-16(13-14)21(15-8-2-1-3-9-15)18-12-5-4-11-17(18)20/h1-13H. The zero-order valence-electron chi connectivity index (χ0n) is 11.2. The molecule has 0 saturated heterocycles. The maximum atomic E-state index is 3.71. The van der Waals surface area contributed by atoms with Crippen LogP contribution in [0.2, 0.25) is 0 Å². The molecule has 0 nitrogen and oxygen atoms in total. The van der Waals surface area contributed by atoms with Crippen molar-refractivity contribution in [3.8, 4) is 0 Å². The summed E-state index contributed by atoms with van der Waals surface area (Å²) in [5, 5.41) is 4.05. The summed E-state index contributed by atoms with van der Waals surface area (Å²) in [7, 11) is -0.560. The summed E-state index contributed by atoms with van der Waals surface area (Å²) >= 11 is 7.31. The second-order valence-electron chi connectivity index (χ2n) is 4.60. The Morgan fingerprint density at radius 3 is 2.00 bits per heavy atom. The topological polar surface area (TPSA) is 0 Å². The molecule has 0 bridgehead atoms. The molecule has 21 heavy (non-hydrogen) atoms. The number of rotatable bonds is 3. The van der Waals surface area contributed by atoms with E-state index in [0.29, 0.717) is 0 Å². The zero-order valence-corrected chi connectivity index (χ0v) is 15.3. The molecular formula is C18H13Br2P. The lowest BCUT2D eigenvalue weighted by Gasteiger charge is -2.20. The molecule has 0 aliphatic carbocycles. The van der Waals surface area contributed by atoms with Gasteiger partial charge >= 0.3 is 0 Å². The van der Waals surface area contributed by atoms with E-state index in [4.69, 9.17) is 0 Å². The van der Waals surface area contributed by atoms with Crippen molar-refractivity contribution < 1.29 is 0 Å². The first-order valence-electron chi connectivity index (χ1n) is 6.61. The highest BCUT2D eigenvalue weighted by Gasteiger charge is 2.18. The summed E-state index contributed by atoms with van der Waals surface area (Å²) in [6.45, 7) is 0. The van der Waals surface area contributed by atoms with Gasteiger partial charge in [-0.05, 0) is 42.0 Å². The largest absolute Gasteiger partial charge is 0.0622 e. The molecule has 0 saturated carbocycles. The van der Waals surface area contributed by atoms with Gasteiger partial charge in [-0.25, -0.2) is 0 Å². The molecule has 0 aromatic heterocycles. The van der Waals surface area contributed by atoms with E-state index in [0.717, 1.165) is 4.47 Å². The monoisotopic (exact) mass is 418 g/mol. The zero-order chi connectivity index (χ0) is 14.7. The lowest BCUT2D eigenvalue weighted by Crippen LogP contribution is -2.21. The Hall–Kier alpha value is -0.950. The molecule has 0 spiro atoms.